The van der Waals surface area contributed by atoms with Gasteiger partial charge in [0, 0.05) is 31.6 Å². The van der Waals surface area contributed by atoms with Gasteiger partial charge < -0.3 is 5.32 Å². The average molecular weight is 287 g/mol. The zero-order valence-electron chi connectivity index (χ0n) is 11.4. The predicted octanol–water partition coefficient (Wildman–Crippen LogP) is 1.62. The molecule has 0 atom stereocenters. The van der Waals surface area contributed by atoms with Gasteiger partial charge in [-0.05, 0) is 17.7 Å². The molecule has 5 nitrogen and oxygen atoms in total. The fourth-order valence-corrected chi connectivity index (χ4v) is 1.70. The predicted molar refractivity (Wildman–Crippen MR) is 77.2 cm³/mol. The summed E-state index contributed by atoms with van der Waals surface area (Å²) in [5.74, 6) is -0.482. The highest BCUT2D eigenvalue weighted by Gasteiger charge is 2.10. The third kappa shape index (κ3) is 3.42. The summed E-state index contributed by atoms with van der Waals surface area (Å²) < 4.78 is 13.9. The third-order valence-corrected chi connectivity index (χ3v) is 2.80. The van der Waals surface area contributed by atoms with E-state index in [1.807, 2.05) is 0 Å². The van der Waals surface area contributed by atoms with Gasteiger partial charge in [-0.2, -0.15) is 5.10 Å². The maximum atomic E-state index is 12.5. The maximum Gasteiger partial charge on any atom is 0.211 e. The van der Waals surface area contributed by atoms with Gasteiger partial charge in [-0.25, -0.2) is 9.07 Å². The molecule has 21 heavy (non-hydrogen) atoms. The molecule has 0 aliphatic carbocycles. The summed E-state index contributed by atoms with van der Waals surface area (Å²) in [6.07, 6.45) is 4.13. The molecule has 6 heteroatoms. The van der Waals surface area contributed by atoms with E-state index in [1.165, 1.54) is 29.2 Å². The Kier molecular flexibility index (Phi) is 4.61. The molecule has 0 fully saturated rings. The van der Waals surface area contributed by atoms with Gasteiger partial charge in [-0.1, -0.05) is 12.1 Å². The molecule has 0 saturated carbocycles. The van der Waals surface area contributed by atoms with E-state index in [-0.39, 0.29) is 5.69 Å². The molecule has 2 rings (SSSR count). The number of aromatic nitrogens is 2. The molecular weight excluding hydrogens is 273 g/mol. The summed E-state index contributed by atoms with van der Waals surface area (Å²) >= 11 is 0. The minimum atomic E-state index is -0.545. The highest BCUT2D eigenvalue weighted by molar-refractivity contribution is 6.02. The Labute approximate surface area is 120 Å². The van der Waals surface area contributed by atoms with Gasteiger partial charge in [0.2, 0.25) is 11.2 Å². The van der Waals surface area contributed by atoms with Crippen LogP contribution in [0.15, 0.2) is 53.6 Å². The number of carbonyl (C=O) groups excluding carboxylic acids is 1. The topological polar surface area (TPSA) is 64.0 Å². The van der Waals surface area contributed by atoms with E-state index in [0.717, 1.165) is 0 Å². The fraction of sp³-hybridized carbons (Fsp3) is 0.133. The second-order valence-corrected chi connectivity index (χ2v) is 4.26. The smallest absolute Gasteiger partial charge is 0.211 e. The van der Waals surface area contributed by atoms with Crippen molar-refractivity contribution >= 4 is 5.78 Å². The fourth-order valence-electron chi connectivity index (χ4n) is 1.70. The van der Waals surface area contributed by atoms with Crippen LogP contribution in [0.25, 0.3) is 5.69 Å². The number of carbonyl (C=O) groups is 1. The first-order chi connectivity index (χ1) is 10.2. The lowest BCUT2D eigenvalue weighted by atomic mass is 10.2. The van der Waals surface area contributed by atoms with Gasteiger partial charge in [-0.3, -0.25) is 9.59 Å². The van der Waals surface area contributed by atoms with Gasteiger partial charge >= 0.3 is 0 Å². The zero-order valence-corrected chi connectivity index (χ0v) is 11.4. The lowest BCUT2D eigenvalue weighted by Gasteiger charge is -2.06. The molecule has 0 amide bonds. The number of hydrogen-bond donors (Lipinski definition) is 1. The number of alkyl halides is 1. The number of benzene rings is 1. The van der Waals surface area contributed by atoms with E-state index in [0.29, 0.717) is 11.3 Å². The summed E-state index contributed by atoms with van der Waals surface area (Å²) in [5, 5.41) is 6.71. The Morgan fingerprint density at radius 1 is 1.33 bits per heavy atom. The van der Waals surface area contributed by atoms with Crippen molar-refractivity contribution in [2.75, 3.05) is 7.05 Å². The molecule has 0 aliphatic heterocycles. The highest BCUT2D eigenvalue weighted by Crippen LogP contribution is 2.09. The molecular formula is C15H14FN3O2. The van der Waals surface area contributed by atoms with Gasteiger partial charge in [0.25, 0.3) is 0 Å². The molecule has 1 aromatic carbocycles. The molecule has 108 valence electrons. The second-order valence-electron chi connectivity index (χ2n) is 4.26. The number of allylic oxidation sites excluding steroid dienone is 1. The van der Waals surface area contributed by atoms with Gasteiger partial charge in [0.1, 0.15) is 6.67 Å². The summed E-state index contributed by atoms with van der Waals surface area (Å²) in [7, 11) is 1.65. The van der Waals surface area contributed by atoms with E-state index in [1.54, 1.807) is 31.3 Å². The lowest BCUT2D eigenvalue weighted by Crippen LogP contribution is -2.19. The van der Waals surface area contributed by atoms with E-state index < -0.39 is 17.9 Å². The van der Waals surface area contributed by atoms with Crippen LogP contribution in [0.4, 0.5) is 4.39 Å². The Hall–Kier alpha value is -2.76. The first kappa shape index (κ1) is 14.6. The summed E-state index contributed by atoms with van der Waals surface area (Å²) in [6, 6.07) is 7.86. The molecule has 0 aliphatic rings. The largest absolute Gasteiger partial charge is 0.394 e. The number of halogens is 1. The summed E-state index contributed by atoms with van der Waals surface area (Å²) in [4.78, 5) is 23.6. The van der Waals surface area contributed by atoms with Gasteiger partial charge in [0.05, 0.1) is 5.69 Å². The molecule has 0 bridgehead atoms. The Morgan fingerprint density at radius 3 is 2.67 bits per heavy atom. The van der Waals surface area contributed by atoms with Crippen molar-refractivity contribution in [2.45, 2.75) is 6.67 Å². The first-order valence-corrected chi connectivity index (χ1v) is 6.29. The molecule has 1 heterocycles. The van der Waals surface area contributed by atoms with Crippen LogP contribution >= 0.6 is 0 Å². The minimum Gasteiger partial charge on any atom is -0.394 e. The molecule has 1 aromatic heterocycles. The summed E-state index contributed by atoms with van der Waals surface area (Å²) in [5.41, 5.74) is 0.572. The average Bonchev–Trinajstić information content (AvgIpc) is 2.53. The van der Waals surface area contributed by atoms with Crippen LogP contribution in [0, 0.1) is 0 Å². The van der Waals surface area contributed by atoms with Crippen LogP contribution in [0.1, 0.15) is 16.1 Å². The molecule has 0 radical (unpaired) electrons. The third-order valence-electron chi connectivity index (χ3n) is 2.80. The van der Waals surface area contributed by atoms with E-state index in [9.17, 15) is 14.0 Å². The summed E-state index contributed by atoms with van der Waals surface area (Å²) in [6.45, 7) is -0.545. The van der Waals surface area contributed by atoms with E-state index >= 15 is 0 Å². The minimum absolute atomic E-state index is 0.168. The zero-order chi connectivity index (χ0) is 15.2. The van der Waals surface area contributed by atoms with Crippen LogP contribution < -0.4 is 10.7 Å². The first-order valence-electron chi connectivity index (χ1n) is 6.29. The molecule has 1 N–H and O–H groups in total. The molecule has 2 aromatic rings. The molecule has 0 spiro atoms. The van der Waals surface area contributed by atoms with Crippen molar-refractivity contribution in [3.05, 3.63) is 70.3 Å². The Bertz CT molecular complexity index is 720. The monoisotopic (exact) mass is 287 g/mol. The van der Waals surface area contributed by atoms with Crippen molar-refractivity contribution < 1.29 is 9.18 Å². The quantitative estimate of drug-likeness (QED) is 0.670. The van der Waals surface area contributed by atoms with Crippen LogP contribution in [0.3, 0.4) is 0 Å². The normalized spacial score (nSPS) is 10.8. The number of ketones is 1. The van der Waals surface area contributed by atoms with Crippen LogP contribution in [0.5, 0.6) is 0 Å². The number of nitrogens with one attached hydrogen (secondary N) is 1. The molecule has 0 unspecified atom stereocenters. The van der Waals surface area contributed by atoms with Crippen LogP contribution in [-0.2, 0) is 6.67 Å². The lowest BCUT2D eigenvalue weighted by molar-refractivity contribution is 0.103. The van der Waals surface area contributed by atoms with Crippen LogP contribution in [-0.4, -0.2) is 22.6 Å². The number of hydrogen-bond acceptors (Lipinski definition) is 4. The second kappa shape index (κ2) is 6.60. The Morgan fingerprint density at radius 2 is 2.05 bits per heavy atom. The van der Waals surface area contributed by atoms with Crippen LogP contribution in [0.2, 0.25) is 0 Å². The maximum absolute atomic E-state index is 12.5. The number of rotatable bonds is 5. The van der Waals surface area contributed by atoms with Crippen molar-refractivity contribution in [3.8, 4) is 5.69 Å². The SMILES string of the molecule is CNC=CC(=O)c1nn(-c2ccc(CF)cc2)ccc1=O. The van der Waals surface area contributed by atoms with E-state index in [4.69, 9.17) is 0 Å². The number of nitrogens with zero attached hydrogens (tertiary/aromatic N) is 2. The highest BCUT2D eigenvalue weighted by atomic mass is 19.1. The van der Waals surface area contributed by atoms with Gasteiger partial charge in [0.15, 0.2) is 5.69 Å². The standard InChI is InChI=1S/C15H14FN3O2/c1-17-8-6-13(20)15-14(21)7-9-19(18-15)12-4-2-11(10-16)3-5-12/h2-9,17H,10H2,1H3. The molecule has 0 saturated heterocycles. The van der Waals surface area contributed by atoms with Crippen molar-refractivity contribution in [2.24, 2.45) is 0 Å². The van der Waals surface area contributed by atoms with E-state index in [2.05, 4.69) is 10.4 Å². The van der Waals surface area contributed by atoms with Gasteiger partial charge in [-0.15, -0.1) is 0 Å². The van der Waals surface area contributed by atoms with Crippen molar-refractivity contribution in [3.63, 3.8) is 0 Å². The van der Waals surface area contributed by atoms with Crippen molar-refractivity contribution in [1.82, 2.24) is 15.1 Å². The van der Waals surface area contributed by atoms with Crippen molar-refractivity contribution in [1.29, 1.82) is 0 Å². The Balaban J connectivity index is 2.39.